The highest BCUT2D eigenvalue weighted by molar-refractivity contribution is 5.95. The summed E-state index contributed by atoms with van der Waals surface area (Å²) in [6.45, 7) is 4.93. The van der Waals surface area contributed by atoms with Gasteiger partial charge in [0, 0.05) is 42.4 Å². The number of likely N-dealkylation sites (tertiary alicyclic amines) is 2. The summed E-state index contributed by atoms with van der Waals surface area (Å²) in [5, 5.41) is 0. The number of halogens is 2. The molecule has 2 unspecified atom stereocenters. The lowest BCUT2D eigenvalue weighted by molar-refractivity contribution is 0.0388. The van der Waals surface area contributed by atoms with Crippen LogP contribution in [-0.4, -0.2) is 46.4 Å². The van der Waals surface area contributed by atoms with E-state index in [1.807, 2.05) is 19.1 Å². The number of pyridine rings is 1. The Kier molecular flexibility index (Phi) is 6.96. The van der Waals surface area contributed by atoms with Crippen LogP contribution in [0, 0.1) is 24.5 Å². The topological polar surface area (TPSA) is 36.4 Å². The van der Waals surface area contributed by atoms with E-state index in [1.54, 1.807) is 0 Å². The third-order valence-corrected chi connectivity index (χ3v) is 8.18. The lowest BCUT2D eigenvalue weighted by atomic mass is 9.78. The van der Waals surface area contributed by atoms with Crippen molar-refractivity contribution in [3.8, 4) is 0 Å². The van der Waals surface area contributed by atoms with Crippen LogP contribution in [0.1, 0.15) is 84.6 Å². The van der Waals surface area contributed by atoms with Crippen molar-refractivity contribution < 1.29 is 13.6 Å². The molecule has 34 heavy (non-hydrogen) atoms. The van der Waals surface area contributed by atoms with Gasteiger partial charge in [-0.2, -0.15) is 0 Å². The van der Waals surface area contributed by atoms with Crippen LogP contribution < -0.4 is 0 Å². The average molecular weight is 468 g/mol. The number of aromatic nitrogens is 1. The number of fused-ring (bicyclic) bond motifs is 1. The highest BCUT2D eigenvalue weighted by Gasteiger charge is 2.37. The zero-order valence-corrected chi connectivity index (χ0v) is 20.1. The molecule has 3 heterocycles. The Bertz CT molecular complexity index is 1030. The average Bonchev–Trinajstić information content (AvgIpc) is 2.85. The number of rotatable bonds is 4. The molecule has 2 aromatic rings. The fourth-order valence-electron chi connectivity index (χ4n) is 6.36. The van der Waals surface area contributed by atoms with E-state index in [-0.39, 0.29) is 11.8 Å². The molecule has 3 fully saturated rings. The summed E-state index contributed by atoms with van der Waals surface area (Å²) < 4.78 is 27.3. The van der Waals surface area contributed by atoms with E-state index in [4.69, 9.17) is 4.98 Å². The van der Waals surface area contributed by atoms with Crippen molar-refractivity contribution in [1.82, 2.24) is 14.8 Å². The van der Waals surface area contributed by atoms with Gasteiger partial charge in [0.15, 0.2) is 0 Å². The molecule has 0 N–H and O–H groups in total. The fraction of sp³-hybridized carbons (Fsp3) is 0.571. The second kappa shape index (κ2) is 10.1. The number of nitrogens with zero attached hydrogens (tertiary/aromatic N) is 3. The number of carbonyl (C=O) groups is 1. The molecule has 0 spiro atoms. The summed E-state index contributed by atoms with van der Waals surface area (Å²) in [5.74, 6) is 0.00672. The van der Waals surface area contributed by atoms with Crippen LogP contribution >= 0.6 is 0 Å². The van der Waals surface area contributed by atoms with Gasteiger partial charge >= 0.3 is 0 Å². The third kappa shape index (κ3) is 4.88. The van der Waals surface area contributed by atoms with E-state index >= 15 is 0 Å². The molecule has 2 saturated heterocycles. The summed E-state index contributed by atoms with van der Waals surface area (Å²) in [6, 6.07) is 8.15. The van der Waals surface area contributed by atoms with Crippen LogP contribution in [0.15, 0.2) is 30.3 Å². The molecule has 1 amide bonds. The van der Waals surface area contributed by atoms with Gasteiger partial charge in [-0.1, -0.05) is 18.9 Å². The minimum atomic E-state index is -0.545. The van der Waals surface area contributed by atoms with Gasteiger partial charge in [-0.25, -0.2) is 8.78 Å². The van der Waals surface area contributed by atoms with Crippen molar-refractivity contribution in [3.05, 3.63) is 64.5 Å². The Hall–Kier alpha value is -2.34. The minimum Gasteiger partial charge on any atom is -0.335 e. The number of piperidine rings is 2. The van der Waals surface area contributed by atoms with Gasteiger partial charge in [-0.15, -0.1) is 0 Å². The molecule has 1 aromatic heterocycles. The summed E-state index contributed by atoms with van der Waals surface area (Å²) in [6.07, 6.45) is 9.00. The highest BCUT2D eigenvalue weighted by Crippen LogP contribution is 2.37. The predicted octanol–water partition coefficient (Wildman–Crippen LogP) is 5.84. The van der Waals surface area contributed by atoms with E-state index in [9.17, 15) is 13.6 Å². The largest absolute Gasteiger partial charge is 0.335 e. The first-order valence-corrected chi connectivity index (χ1v) is 12.9. The van der Waals surface area contributed by atoms with E-state index in [2.05, 4.69) is 9.80 Å². The Labute approximate surface area is 201 Å². The number of carbonyl (C=O) groups excluding carboxylic acids is 1. The minimum absolute atomic E-state index is 0.162. The monoisotopic (exact) mass is 467 g/mol. The highest BCUT2D eigenvalue weighted by atomic mass is 19.1. The zero-order chi connectivity index (χ0) is 23.7. The van der Waals surface area contributed by atoms with E-state index in [1.165, 1.54) is 37.8 Å². The zero-order valence-electron chi connectivity index (χ0n) is 20.1. The molecule has 2 atom stereocenters. The molecule has 1 aromatic carbocycles. The van der Waals surface area contributed by atoms with Gasteiger partial charge in [0.05, 0.1) is 11.3 Å². The first-order valence-electron chi connectivity index (χ1n) is 12.9. The number of hydrogen-bond donors (Lipinski definition) is 0. The van der Waals surface area contributed by atoms with Gasteiger partial charge in [0.25, 0.3) is 5.91 Å². The van der Waals surface area contributed by atoms with E-state index < -0.39 is 11.6 Å². The van der Waals surface area contributed by atoms with Crippen molar-refractivity contribution in [1.29, 1.82) is 0 Å². The van der Waals surface area contributed by atoms with Gasteiger partial charge in [-0.3, -0.25) is 14.7 Å². The van der Waals surface area contributed by atoms with Gasteiger partial charge in [0.2, 0.25) is 0 Å². The van der Waals surface area contributed by atoms with Crippen molar-refractivity contribution >= 4 is 5.91 Å². The van der Waals surface area contributed by atoms with Crippen molar-refractivity contribution in [2.45, 2.75) is 76.8 Å². The molecule has 0 radical (unpaired) electrons. The fourth-order valence-corrected chi connectivity index (χ4v) is 6.36. The Morgan fingerprint density at radius 3 is 2.53 bits per heavy atom. The molecule has 5 rings (SSSR count). The maximum atomic E-state index is 14.1. The third-order valence-electron chi connectivity index (χ3n) is 8.18. The standard InChI is InChI=1S/C28H35F2N3O/c1-19-8-11-24(28(34)33-14-4-6-20-5-2-3-7-26(20)33)27(31-19)21-12-15-32(16-13-21)18-22-9-10-23(29)17-25(22)30/h8-11,17,20-21,26H,2-7,12-16,18H2,1H3. The molecule has 3 aliphatic rings. The Morgan fingerprint density at radius 1 is 0.971 bits per heavy atom. The molecule has 1 aliphatic carbocycles. The number of amides is 1. The van der Waals surface area contributed by atoms with Crippen LogP contribution in [0.3, 0.4) is 0 Å². The summed E-state index contributed by atoms with van der Waals surface area (Å²) >= 11 is 0. The van der Waals surface area contributed by atoms with Crippen molar-refractivity contribution in [3.63, 3.8) is 0 Å². The second-order valence-corrected chi connectivity index (χ2v) is 10.4. The first-order chi connectivity index (χ1) is 16.5. The van der Waals surface area contributed by atoms with E-state index in [0.717, 1.165) is 68.3 Å². The molecule has 182 valence electrons. The predicted molar refractivity (Wildman–Crippen MR) is 129 cm³/mol. The van der Waals surface area contributed by atoms with Crippen LogP contribution in [-0.2, 0) is 6.54 Å². The lowest BCUT2D eigenvalue weighted by Gasteiger charge is -2.44. The SMILES string of the molecule is Cc1ccc(C(=O)N2CCCC3CCCCC32)c(C2CCN(Cc3ccc(F)cc3F)CC2)n1. The lowest BCUT2D eigenvalue weighted by Crippen LogP contribution is -2.50. The molecule has 6 heteroatoms. The normalized spacial score (nSPS) is 24.1. The van der Waals surface area contributed by atoms with Gasteiger partial charge in [0.1, 0.15) is 11.6 Å². The van der Waals surface area contributed by atoms with Crippen LogP contribution in [0.25, 0.3) is 0 Å². The van der Waals surface area contributed by atoms with Gasteiger partial charge in [-0.05, 0) is 82.7 Å². The van der Waals surface area contributed by atoms with Gasteiger partial charge < -0.3 is 4.90 Å². The maximum Gasteiger partial charge on any atom is 0.255 e. The molecule has 0 bridgehead atoms. The number of aryl methyl sites for hydroxylation is 1. The van der Waals surface area contributed by atoms with Crippen LogP contribution in [0.4, 0.5) is 8.78 Å². The molecule has 1 saturated carbocycles. The van der Waals surface area contributed by atoms with Crippen LogP contribution in [0.2, 0.25) is 0 Å². The van der Waals surface area contributed by atoms with Crippen LogP contribution in [0.5, 0.6) is 0 Å². The molecule has 2 aliphatic heterocycles. The Balaban J connectivity index is 1.30. The molecule has 4 nitrogen and oxygen atoms in total. The van der Waals surface area contributed by atoms with E-state index in [0.29, 0.717) is 24.1 Å². The Morgan fingerprint density at radius 2 is 1.74 bits per heavy atom. The molecular weight excluding hydrogens is 432 g/mol. The summed E-state index contributed by atoms with van der Waals surface area (Å²) in [4.78, 5) is 23.1. The molecular formula is C28H35F2N3O. The maximum absolute atomic E-state index is 14.1. The quantitative estimate of drug-likeness (QED) is 0.567. The number of benzene rings is 1. The summed E-state index contributed by atoms with van der Waals surface area (Å²) in [7, 11) is 0. The smallest absolute Gasteiger partial charge is 0.255 e. The first kappa shape index (κ1) is 23.4. The van der Waals surface area contributed by atoms with Crippen molar-refractivity contribution in [2.75, 3.05) is 19.6 Å². The van der Waals surface area contributed by atoms with Crippen molar-refractivity contribution in [2.24, 2.45) is 5.92 Å². The number of hydrogen-bond acceptors (Lipinski definition) is 3. The second-order valence-electron chi connectivity index (χ2n) is 10.4. The summed E-state index contributed by atoms with van der Waals surface area (Å²) in [5.41, 5.74) is 3.18.